The van der Waals surface area contributed by atoms with Crippen molar-refractivity contribution in [3.63, 3.8) is 0 Å². The monoisotopic (exact) mass is 486 g/mol. The van der Waals surface area contributed by atoms with Crippen molar-refractivity contribution in [1.82, 2.24) is 9.97 Å². The number of rotatable bonds is 5. The summed E-state index contributed by atoms with van der Waals surface area (Å²) in [4.78, 5) is 21.1. The highest BCUT2D eigenvalue weighted by Gasteiger charge is 2.22. The Bertz CT molecular complexity index is 1430. The fourth-order valence-electron chi connectivity index (χ4n) is 4.95. The number of aliphatic hydroxyl groups is 1. The first kappa shape index (κ1) is 25.6. The number of carboxylic acid groups (broad SMARTS) is 1. The number of ether oxygens (including phenoxy) is 1. The van der Waals surface area contributed by atoms with E-state index in [-0.39, 0.29) is 6.42 Å². The zero-order chi connectivity index (χ0) is 26.0. The van der Waals surface area contributed by atoms with E-state index in [2.05, 4.69) is 11.9 Å². The van der Waals surface area contributed by atoms with Crippen molar-refractivity contribution in [1.29, 1.82) is 0 Å². The van der Waals surface area contributed by atoms with E-state index in [1.807, 2.05) is 70.3 Å². The molecule has 6 heteroatoms. The second-order valence-corrected chi connectivity index (χ2v) is 10.1. The van der Waals surface area contributed by atoms with Crippen molar-refractivity contribution >= 4 is 27.8 Å². The maximum Gasteiger partial charge on any atom is 0.307 e. The Morgan fingerprint density at radius 1 is 1.14 bits per heavy atom. The van der Waals surface area contributed by atoms with Gasteiger partial charge in [-0.25, -0.2) is 0 Å². The predicted octanol–water partition coefficient (Wildman–Crippen LogP) is 6.19. The lowest BCUT2D eigenvalue weighted by atomic mass is 9.88. The van der Waals surface area contributed by atoms with Crippen molar-refractivity contribution in [2.45, 2.75) is 65.9 Å². The summed E-state index contributed by atoms with van der Waals surface area (Å²) in [6.07, 6.45) is 4.57. The lowest BCUT2D eigenvalue weighted by Crippen LogP contribution is -2.16. The number of aliphatic carboxylic acids is 1. The van der Waals surface area contributed by atoms with E-state index in [4.69, 9.17) is 14.8 Å². The van der Waals surface area contributed by atoms with Gasteiger partial charge >= 0.3 is 5.97 Å². The molecule has 0 saturated heterocycles. The summed E-state index contributed by atoms with van der Waals surface area (Å²) in [7, 11) is 0. The van der Waals surface area contributed by atoms with Gasteiger partial charge in [0.25, 0.3) is 0 Å². The first-order chi connectivity index (χ1) is 17.1. The van der Waals surface area contributed by atoms with Crippen LogP contribution in [-0.2, 0) is 17.6 Å². The molecule has 2 aromatic heterocycles. The molecule has 0 saturated carbocycles. The summed E-state index contributed by atoms with van der Waals surface area (Å²) in [6, 6.07) is 12.0. The molecule has 0 bridgehead atoms. The molecule has 0 unspecified atom stereocenters. The normalized spacial score (nSPS) is 12.7. The predicted molar refractivity (Wildman–Crippen MR) is 144 cm³/mol. The van der Waals surface area contributed by atoms with E-state index >= 15 is 0 Å². The van der Waals surface area contributed by atoms with Crippen LogP contribution in [0.3, 0.4) is 0 Å². The molecule has 3 heterocycles. The van der Waals surface area contributed by atoms with Crippen LogP contribution in [0.1, 0.15) is 56.0 Å². The summed E-state index contributed by atoms with van der Waals surface area (Å²) in [6.45, 7) is 10.3. The molecule has 5 rings (SSSR count). The third-order valence-corrected chi connectivity index (χ3v) is 6.49. The molecule has 36 heavy (non-hydrogen) atoms. The molecule has 0 radical (unpaired) electrons. The van der Waals surface area contributed by atoms with Gasteiger partial charge in [0.05, 0.1) is 29.7 Å². The Morgan fingerprint density at radius 3 is 2.58 bits per heavy atom. The Balaban J connectivity index is 0.000000384. The SMILES string of the molecule is CCCC(C)(C)O.Cc1ccc2c(-c3ccc4c5c(ccnc35)CCO4)c(CC(=O)O)c(C)cc2n1. The molecule has 4 aromatic rings. The van der Waals surface area contributed by atoms with Crippen LogP contribution in [0.5, 0.6) is 5.75 Å². The fraction of sp³-hybridized carbons (Fsp3) is 0.367. The molecule has 2 aromatic carbocycles. The van der Waals surface area contributed by atoms with Gasteiger partial charge < -0.3 is 14.9 Å². The van der Waals surface area contributed by atoms with Crippen molar-refractivity contribution < 1.29 is 19.7 Å². The van der Waals surface area contributed by atoms with Gasteiger partial charge in [-0.05, 0) is 86.7 Å². The van der Waals surface area contributed by atoms with Crippen LogP contribution in [-0.4, -0.2) is 38.4 Å². The highest BCUT2D eigenvalue weighted by Crippen LogP contribution is 2.42. The van der Waals surface area contributed by atoms with E-state index in [1.54, 1.807) is 0 Å². The number of benzene rings is 2. The second-order valence-electron chi connectivity index (χ2n) is 10.1. The van der Waals surface area contributed by atoms with Gasteiger partial charge in [-0.15, -0.1) is 0 Å². The van der Waals surface area contributed by atoms with E-state index in [9.17, 15) is 9.90 Å². The average molecular weight is 487 g/mol. The molecule has 0 fully saturated rings. The van der Waals surface area contributed by atoms with Crippen LogP contribution >= 0.6 is 0 Å². The first-order valence-electron chi connectivity index (χ1n) is 12.5. The van der Waals surface area contributed by atoms with Crippen LogP contribution in [0.15, 0.2) is 42.6 Å². The molecule has 0 aliphatic carbocycles. The third kappa shape index (κ3) is 5.34. The van der Waals surface area contributed by atoms with Crippen molar-refractivity contribution in [2.75, 3.05) is 6.61 Å². The largest absolute Gasteiger partial charge is 0.493 e. The van der Waals surface area contributed by atoms with Crippen molar-refractivity contribution in [3.05, 3.63) is 65.0 Å². The standard InChI is InChI=1S/C24H20N2O3.C6H14O/c1-13-11-19-16(4-3-14(2)26-19)23(18(13)12-21(27)28)17-5-6-20-22-15(8-10-29-20)7-9-25-24(17)22;1-4-5-6(2,3)7/h3-7,9,11H,8,10,12H2,1-2H3,(H,27,28);7H,4-5H2,1-3H3. The smallest absolute Gasteiger partial charge is 0.307 e. The van der Waals surface area contributed by atoms with E-state index in [1.165, 1.54) is 5.56 Å². The quantitative estimate of drug-likeness (QED) is 0.350. The molecule has 1 aliphatic heterocycles. The molecular formula is C30H34N2O4. The molecule has 2 N–H and O–H groups in total. The second kappa shape index (κ2) is 10.2. The molecule has 0 spiro atoms. The summed E-state index contributed by atoms with van der Waals surface area (Å²) in [5.74, 6) is -0.0170. The average Bonchev–Trinajstić information content (AvgIpc) is 2.80. The maximum absolute atomic E-state index is 11.7. The summed E-state index contributed by atoms with van der Waals surface area (Å²) >= 11 is 0. The summed E-state index contributed by atoms with van der Waals surface area (Å²) < 4.78 is 5.86. The Morgan fingerprint density at radius 2 is 1.92 bits per heavy atom. The molecule has 0 atom stereocenters. The van der Waals surface area contributed by atoms with Gasteiger partial charge in [0.1, 0.15) is 5.75 Å². The minimum Gasteiger partial charge on any atom is -0.493 e. The number of aromatic nitrogens is 2. The highest BCUT2D eigenvalue weighted by atomic mass is 16.5. The summed E-state index contributed by atoms with van der Waals surface area (Å²) in [5, 5.41) is 20.6. The topological polar surface area (TPSA) is 92.5 Å². The zero-order valence-electron chi connectivity index (χ0n) is 21.7. The van der Waals surface area contributed by atoms with E-state index in [0.717, 1.165) is 74.8 Å². The van der Waals surface area contributed by atoms with Crippen LogP contribution in [0.25, 0.3) is 32.9 Å². The minimum absolute atomic E-state index is 0.0512. The van der Waals surface area contributed by atoms with Gasteiger partial charge in [0.15, 0.2) is 0 Å². The number of hydrogen-bond donors (Lipinski definition) is 2. The number of hydrogen-bond acceptors (Lipinski definition) is 5. The number of pyridine rings is 2. The molecular weight excluding hydrogens is 452 g/mol. The van der Waals surface area contributed by atoms with Crippen molar-refractivity contribution in [2.24, 2.45) is 0 Å². The molecule has 1 aliphatic rings. The van der Waals surface area contributed by atoms with E-state index < -0.39 is 11.6 Å². The number of carbonyl (C=O) groups is 1. The Hall–Kier alpha value is -3.51. The Labute approximate surface area is 212 Å². The van der Waals surface area contributed by atoms with Gasteiger partial charge in [0.2, 0.25) is 0 Å². The molecule has 188 valence electrons. The van der Waals surface area contributed by atoms with Crippen LogP contribution in [0, 0.1) is 13.8 Å². The number of nitrogens with zero attached hydrogens (tertiary/aromatic N) is 2. The number of aryl methyl sites for hydroxylation is 2. The van der Waals surface area contributed by atoms with Gasteiger partial charge in [-0.2, -0.15) is 0 Å². The van der Waals surface area contributed by atoms with Gasteiger partial charge in [-0.3, -0.25) is 14.8 Å². The van der Waals surface area contributed by atoms with Gasteiger partial charge in [-0.1, -0.05) is 19.4 Å². The number of fused-ring (bicyclic) bond motifs is 1. The maximum atomic E-state index is 11.7. The van der Waals surface area contributed by atoms with E-state index in [0.29, 0.717) is 6.61 Å². The number of carboxylic acids is 1. The van der Waals surface area contributed by atoms with Gasteiger partial charge in [0, 0.05) is 34.6 Å². The van der Waals surface area contributed by atoms with Crippen LogP contribution < -0.4 is 4.74 Å². The lowest BCUT2D eigenvalue weighted by molar-refractivity contribution is -0.136. The molecule has 0 amide bonds. The minimum atomic E-state index is -0.854. The zero-order valence-corrected chi connectivity index (χ0v) is 21.7. The van der Waals surface area contributed by atoms with Crippen LogP contribution in [0.2, 0.25) is 0 Å². The fourth-order valence-corrected chi connectivity index (χ4v) is 4.95. The third-order valence-electron chi connectivity index (χ3n) is 6.49. The highest BCUT2D eigenvalue weighted by molar-refractivity contribution is 6.07. The van der Waals surface area contributed by atoms with Crippen molar-refractivity contribution in [3.8, 4) is 16.9 Å². The summed E-state index contributed by atoms with van der Waals surface area (Å²) in [5.41, 5.74) is 6.95. The Kier molecular flexibility index (Phi) is 7.27. The lowest BCUT2D eigenvalue weighted by Gasteiger charge is -2.21. The first-order valence-corrected chi connectivity index (χ1v) is 12.5. The molecule has 6 nitrogen and oxygen atoms in total. The van der Waals surface area contributed by atoms with Crippen LogP contribution in [0.4, 0.5) is 0 Å².